The maximum absolute atomic E-state index is 12.8. The van der Waals surface area contributed by atoms with Crippen LogP contribution in [0.5, 0.6) is 11.5 Å². The predicted octanol–water partition coefficient (Wildman–Crippen LogP) is 2.88. The lowest BCUT2D eigenvalue weighted by atomic mass is 10.0. The lowest BCUT2D eigenvalue weighted by Crippen LogP contribution is -2.27. The number of sulfonamides is 1. The van der Waals surface area contributed by atoms with Crippen molar-refractivity contribution in [1.29, 1.82) is 0 Å². The van der Waals surface area contributed by atoms with E-state index in [0.29, 0.717) is 41.0 Å². The standard InChI is InChI=1S/C24H31N3O6S/c1-2-34(29,30)27-19-8-5-7-18(12-19)26-11-10-25-9-4-3-6-17-15-31-21-14-23-22(32-16-33-23)13-20(21)24(17)28/h12-15,25,27H,2-11,16H2,1H3. The number of nitrogens with zero attached hydrogens (tertiary/aromatic N) is 1. The van der Waals surface area contributed by atoms with Crippen LogP contribution in [0, 0.1) is 0 Å². The van der Waals surface area contributed by atoms with Gasteiger partial charge in [0.25, 0.3) is 0 Å². The molecule has 1 aromatic carbocycles. The zero-order chi connectivity index (χ0) is 24.0. The van der Waals surface area contributed by atoms with Gasteiger partial charge in [0, 0.05) is 29.6 Å². The molecule has 0 unspecified atom stereocenters. The highest BCUT2D eigenvalue weighted by atomic mass is 32.2. The minimum Gasteiger partial charge on any atom is -0.464 e. The zero-order valence-electron chi connectivity index (χ0n) is 19.4. The molecule has 1 aliphatic carbocycles. The van der Waals surface area contributed by atoms with Gasteiger partial charge >= 0.3 is 0 Å². The Morgan fingerprint density at radius 1 is 1.09 bits per heavy atom. The van der Waals surface area contributed by atoms with Crippen molar-refractivity contribution in [3.63, 3.8) is 0 Å². The quantitative estimate of drug-likeness (QED) is 0.466. The number of nitrogens with one attached hydrogen (secondary N) is 2. The van der Waals surface area contributed by atoms with Crippen molar-refractivity contribution in [3.05, 3.63) is 46.0 Å². The first-order valence-corrected chi connectivity index (χ1v) is 13.4. The van der Waals surface area contributed by atoms with Crippen LogP contribution >= 0.6 is 0 Å². The van der Waals surface area contributed by atoms with E-state index < -0.39 is 10.0 Å². The number of hydrogen-bond donors (Lipinski definition) is 2. The molecule has 2 aromatic rings. The summed E-state index contributed by atoms with van der Waals surface area (Å²) >= 11 is 0. The molecule has 0 spiro atoms. The van der Waals surface area contributed by atoms with Gasteiger partial charge in [0.2, 0.25) is 16.8 Å². The van der Waals surface area contributed by atoms with Gasteiger partial charge in [0.1, 0.15) is 5.58 Å². The summed E-state index contributed by atoms with van der Waals surface area (Å²) in [5.41, 5.74) is 2.81. The molecule has 4 rings (SSSR count). The van der Waals surface area contributed by atoms with E-state index in [4.69, 9.17) is 13.9 Å². The third-order valence-corrected chi connectivity index (χ3v) is 7.21. The molecule has 0 bridgehead atoms. The van der Waals surface area contributed by atoms with Gasteiger partial charge in [-0.2, -0.15) is 0 Å². The summed E-state index contributed by atoms with van der Waals surface area (Å²) in [5.74, 6) is 1.24. The van der Waals surface area contributed by atoms with Crippen molar-refractivity contribution >= 4 is 26.7 Å². The molecule has 0 radical (unpaired) electrons. The highest BCUT2D eigenvalue weighted by Gasteiger charge is 2.18. The molecule has 9 nitrogen and oxygen atoms in total. The Balaban J connectivity index is 1.18. The van der Waals surface area contributed by atoms with Crippen LogP contribution in [0.1, 0.15) is 44.6 Å². The fourth-order valence-electron chi connectivity index (χ4n) is 3.98. The van der Waals surface area contributed by atoms with Gasteiger partial charge in [-0.3, -0.25) is 14.5 Å². The Bertz CT molecular complexity index is 1250. The number of aryl methyl sites for hydroxylation is 1. The second kappa shape index (κ2) is 11.1. The summed E-state index contributed by atoms with van der Waals surface area (Å²) < 4.78 is 42.4. The van der Waals surface area contributed by atoms with Crippen LogP contribution < -0.4 is 24.9 Å². The maximum Gasteiger partial charge on any atom is 0.232 e. The van der Waals surface area contributed by atoms with Gasteiger partial charge in [-0.15, -0.1) is 0 Å². The first kappa shape index (κ1) is 24.3. The molecule has 2 N–H and O–H groups in total. The number of unbranched alkanes of at least 4 members (excludes halogenated alkanes) is 1. The van der Waals surface area contributed by atoms with Crippen molar-refractivity contribution in [3.8, 4) is 11.5 Å². The second-order valence-corrected chi connectivity index (χ2v) is 10.4. The van der Waals surface area contributed by atoms with E-state index >= 15 is 0 Å². The van der Waals surface area contributed by atoms with Crippen LogP contribution in [0.3, 0.4) is 0 Å². The predicted molar refractivity (Wildman–Crippen MR) is 131 cm³/mol. The summed E-state index contributed by atoms with van der Waals surface area (Å²) in [6.07, 6.45) is 8.35. The Morgan fingerprint density at radius 3 is 2.74 bits per heavy atom. The molecule has 34 heavy (non-hydrogen) atoms. The summed E-state index contributed by atoms with van der Waals surface area (Å²) in [6, 6.07) is 3.39. The van der Waals surface area contributed by atoms with Crippen molar-refractivity contribution < 1.29 is 22.3 Å². The van der Waals surface area contributed by atoms with E-state index in [2.05, 4.69) is 15.0 Å². The van der Waals surface area contributed by atoms with Gasteiger partial charge in [-0.25, -0.2) is 8.42 Å². The van der Waals surface area contributed by atoms with Crippen molar-refractivity contribution in [2.24, 2.45) is 4.99 Å². The van der Waals surface area contributed by atoms with Gasteiger partial charge in [-0.05, 0) is 64.1 Å². The Kier molecular flexibility index (Phi) is 7.89. The summed E-state index contributed by atoms with van der Waals surface area (Å²) in [4.78, 5) is 17.4. The average molecular weight is 490 g/mol. The minimum atomic E-state index is -3.24. The Morgan fingerprint density at radius 2 is 1.91 bits per heavy atom. The SMILES string of the molecule is CCS(=O)(=O)NC1=CC(=NCCNCCCCc2coc3cc4c(cc3c2=O)OCO4)CCC1. The molecule has 1 aliphatic heterocycles. The zero-order valence-corrected chi connectivity index (χ0v) is 20.2. The van der Waals surface area contributed by atoms with Crippen LogP contribution in [-0.2, 0) is 16.4 Å². The Labute approximate surface area is 199 Å². The van der Waals surface area contributed by atoms with Gasteiger partial charge in [0.15, 0.2) is 16.9 Å². The van der Waals surface area contributed by atoms with Crippen LogP contribution in [0.25, 0.3) is 11.0 Å². The van der Waals surface area contributed by atoms with E-state index in [1.54, 1.807) is 25.3 Å². The van der Waals surface area contributed by atoms with Crippen LogP contribution in [0.2, 0.25) is 0 Å². The van der Waals surface area contributed by atoms with Gasteiger partial charge in [-0.1, -0.05) is 0 Å². The maximum atomic E-state index is 12.8. The largest absolute Gasteiger partial charge is 0.464 e. The van der Waals surface area contributed by atoms with E-state index in [1.165, 1.54) is 0 Å². The number of aliphatic imine (C=N–C) groups is 1. The highest BCUT2D eigenvalue weighted by Crippen LogP contribution is 2.35. The molecule has 1 aromatic heterocycles. The molecule has 0 atom stereocenters. The lowest BCUT2D eigenvalue weighted by Gasteiger charge is -2.16. The summed E-state index contributed by atoms with van der Waals surface area (Å²) in [7, 11) is -3.24. The van der Waals surface area contributed by atoms with E-state index in [9.17, 15) is 13.2 Å². The number of fused-ring (bicyclic) bond motifs is 2. The average Bonchev–Trinajstić information content (AvgIpc) is 3.28. The molecule has 2 aliphatic rings. The molecular weight excluding hydrogens is 458 g/mol. The smallest absolute Gasteiger partial charge is 0.232 e. The normalized spacial score (nSPS) is 16.7. The fraction of sp³-hybridized carbons (Fsp3) is 0.500. The van der Waals surface area contributed by atoms with Crippen molar-refractivity contribution in [1.82, 2.24) is 10.0 Å². The Hall–Kier alpha value is -2.85. The van der Waals surface area contributed by atoms with Gasteiger partial charge in [0.05, 0.1) is 23.9 Å². The highest BCUT2D eigenvalue weighted by molar-refractivity contribution is 7.89. The molecular formula is C24H31N3O6S. The van der Waals surface area contributed by atoms with E-state index in [0.717, 1.165) is 56.6 Å². The van der Waals surface area contributed by atoms with Crippen LogP contribution in [-0.4, -0.2) is 46.3 Å². The van der Waals surface area contributed by atoms with Crippen LogP contribution in [0.15, 0.2) is 44.4 Å². The molecule has 0 saturated heterocycles. The second-order valence-electron chi connectivity index (χ2n) is 8.40. The minimum absolute atomic E-state index is 0.0236. The molecule has 0 amide bonds. The summed E-state index contributed by atoms with van der Waals surface area (Å²) in [6.45, 7) is 4.01. The molecule has 10 heteroatoms. The summed E-state index contributed by atoms with van der Waals surface area (Å²) in [5, 5.41) is 3.89. The third kappa shape index (κ3) is 6.18. The molecule has 184 valence electrons. The number of hydrogen-bond acceptors (Lipinski definition) is 8. The van der Waals surface area contributed by atoms with Crippen LogP contribution in [0.4, 0.5) is 0 Å². The number of allylic oxidation sites excluding steroid dienone is 2. The van der Waals surface area contributed by atoms with Crippen molar-refractivity contribution in [2.45, 2.75) is 45.4 Å². The third-order valence-electron chi connectivity index (χ3n) is 5.88. The number of ether oxygens (including phenoxy) is 2. The molecule has 0 saturated carbocycles. The first-order chi connectivity index (χ1) is 16.4. The van der Waals surface area contributed by atoms with Crippen molar-refractivity contribution in [2.75, 3.05) is 32.2 Å². The monoisotopic (exact) mass is 489 g/mol. The van der Waals surface area contributed by atoms with E-state index in [-0.39, 0.29) is 18.0 Å². The van der Waals surface area contributed by atoms with Gasteiger partial charge < -0.3 is 19.2 Å². The number of rotatable bonds is 11. The lowest BCUT2D eigenvalue weighted by molar-refractivity contribution is 0.174. The number of benzene rings is 1. The fourth-order valence-corrected chi connectivity index (χ4v) is 4.69. The molecule has 2 heterocycles. The topological polar surface area (TPSA) is 119 Å². The van der Waals surface area contributed by atoms with E-state index in [1.807, 2.05) is 6.08 Å². The molecule has 0 fully saturated rings. The first-order valence-electron chi connectivity index (χ1n) is 11.7.